The Balaban J connectivity index is 1.57. The number of hydrogen-bond donors (Lipinski definition) is 0. The SMILES string of the molecule is COc1ccc(C(OC[C@H]2O[C@@H](n3ccc(=O)nc3)C[C@H]2OP(OCCC#N)N(C(C)C)C(C)C)(c2ccccc2)c2ccc(OC)cc2)cc1. The molecule has 12 heteroatoms. The van der Waals surface area contributed by atoms with Gasteiger partial charge in [0, 0.05) is 30.8 Å². The van der Waals surface area contributed by atoms with Crippen LogP contribution in [0, 0.1) is 11.3 Å². The van der Waals surface area contributed by atoms with Gasteiger partial charge in [-0.2, -0.15) is 10.2 Å². The van der Waals surface area contributed by atoms with Crippen molar-refractivity contribution in [3.63, 3.8) is 0 Å². The molecular formula is C39H47N4O7P. The van der Waals surface area contributed by atoms with Gasteiger partial charge < -0.3 is 32.6 Å². The zero-order chi connectivity index (χ0) is 36.4. The summed E-state index contributed by atoms with van der Waals surface area (Å²) in [4.78, 5) is 15.8. The van der Waals surface area contributed by atoms with E-state index >= 15 is 0 Å². The number of nitriles is 1. The maximum absolute atomic E-state index is 11.9. The van der Waals surface area contributed by atoms with Crippen LogP contribution in [0.1, 0.15) is 63.5 Å². The van der Waals surface area contributed by atoms with Crippen LogP contribution < -0.4 is 15.0 Å². The Morgan fingerprint density at radius 1 is 0.922 bits per heavy atom. The molecule has 0 spiro atoms. The van der Waals surface area contributed by atoms with E-state index in [2.05, 4.69) is 55.6 Å². The maximum atomic E-state index is 11.9. The van der Waals surface area contributed by atoms with Crippen molar-refractivity contribution < 1.29 is 28.0 Å². The maximum Gasteiger partial charge on any atom is 0.272 e. The van der Waals surface area contributed by atoms with Crippen molar-refractivity contribution in [1.29, 1.82) is 5.26 Å². The third-order valence-electron chi connectivity index (χ3n) is 8.75. The third kappa shape index (κ3) is 9.03. The lowest BCUT2D eigenvalue weighted by atomic mass is 9.80. The molecule has 1 fully saturated rings. The molecule has 3 aromatic carbocycles. The van der Waals surface area contributed by atoms with Gasteiger partial charge >= 0.3 is 0 Å². The van der Waals surface area contributed by atoms with Gasteiger partial charge in [0.25, 0.3) is 14.1 Å². The summed E-state index contributed by atoms with van der Waals surface area (Å²) in [5.74, 6) is 1.45. The molecule has 1 saturated heterocycles. The molecule has 270 valence electrons. The number of nitrogens with zero attached hydrogens (tertiary/aromatic N) is 4. The summed E-state index contributed by atoms with van der Waals surface area (Å²) in [6, 6.07) is 29.6. The molecule has 0 saturated carbocycles. The Morgan fingerprint density at radius 2 is 1.51 bits per heavy atom. The average molecular weight is 715 g/mol. The highest BCUT2D eigenvalue weighted by Gasteiger charge is 2.44. The lowest BCUT2D eigenvalue weighted by Gasteiger charge is -2.39. The summed E-state index contributed by atoms with van der Waals surface area (Å²) >= 11 is 0. The number of rotatable bonds is 17. The van der Waals surface area contributed by atoms with Crippen molar-refractivity contribution in [3.8, 4) is 17.6 Å². The van der Waals surface area contributed by atoms with Gasteiger partial charge in [0.2, 0.25) is 0 Å². The van der Waals surface area contributed by atoms with Gasteiger partial charge in [0.05, 0.1) is 46.0 Å². The Morgan fingerprint density at radius 3 is 2.02 bits per heavy atom. The van der Waals surface area contributed by atoms with E-state index in [1.165, 1.54) is 12.4 Å². The Hall–Kier alpha value is -4.14. The highest BCUT2D eigenvalue weighted by atomic mass is 31.2. The summed E-state index contributed by atoms with van der Waals surface area (Å²) in [7, 11) is 1.70. The topological polar surface area (TPSA) is 117 Å². The van der Waals surface area contributed by atoms with Crippen LogP contribution in [-0.4, -0.2) is 65.9 Å². The van der Waals surface area contributed by atoms with Crippen LogP contribution in [0.5, 0.6) is 11.5 Å². The summed E-state index contributed by atoms with van der Waals surface area (Å²) < 4.78 is 42.1. The first-order chi connectivity index (χ1) is 24.7. The normalized spacial score (nSPS) is 18.2. The number of aromatic nitrogens is 2. The number of ether oxygens (including phenoxy) is 4. The summed E-state index contributed by atoms with van der Waals surface area (Å²) in [5, 5.41) is 9.27. The number of hydrogen-bond acceptors (Lipinski definition) is 10. The van der Waals surface area contributed by atoms with Crippen molar-refractivity contribution >= 4 is 8.53 Å². The first kappa shape index (κ1) is 38.1. The quantitative estimate of drug-likeness (QED) is 0.0631. The summed E-state index contributed by atoms with van der Waals surface area (Å²) in [6.45, 7) is 8.78. The predicted octanol–water partition coefficient (Wildman–Crippen LogP) is 7.22. The number of methoxy groups -OCH3 is 2. The molecular weight excluding hydrogens is 667 g/mol. The number of benzene rings is 3. The van der Waals surface area contributed by atoms with Crippen LogP contribution in [0.2, 0.25) is 0 Å². The molecule has 0 aliphatic carbocycles. The van der Waals surface area contributed by atoms with Gasteiger partial charge in [0.1, 0.15) is 35.8 Å². The van der Waals surface area contributed by atoms with Gasteiger partial charge in [-0.1, -0.05) is 54.6 Å². The van der Waals surface area contributed by atoms with Crippen molar-refractivity contribution in [3.05, 3.63) is 124 Å². The van der Waals surface area contributed by atoms with E-state index in [0.717, 1.165) is 28.2 Å². The van der Waals surface area contributed by atoms with E-state index in [-0.39, 0.29) is 37.3 Å². The minimum atomic E-state index is -1.58. The van der Waals surface area contributed by atoms with Crippen LogP contribution in [0.15, 0.2) is 102 Å². The van der Waals surface area contributed by atoms with Gasteiger partial charge in [-0.3, -0.25) is 4.79 Å². The molecule has 5 rings (SSSR count). The first-order valence-electron chi connectivity index (χ1n) is 17.1. The van der Waals surface area contributed by atoms with Gasteiger partial charge in [-0.25, -0.2) is 4.67 Å². The largest absolute Gasteiger partial charge is 0.497 e. The van der Waals surface area contributed by atoms with Crippen LogP contribution in [0.4, 0.5) is 0 Å². The fourth-order valence-corrected chi connectivity index (χ4v) is 8.12. The fourth-order valence-electron chi connectivity index (χ4n) is 6.36. The molecule has 1 unspecified atom stereocenters. The molecule has 4 atom stereocenters. The van der Waals surface area contributed by atoms with E-state index < -0.39 is 32.6 Å². The Bertz CT molecular complexity index is 1690. The highest BCUT2D eigenvalue weighted by Crippen LogP contribution is 2.50. The lowest BCUT2D eigenvalue weighted by Crippen LogP contribution is -2.39. The second-order valence-electron chi connectivity index (χ2n) is 12.7. The lowest BCUT2D eigenvalue weighted by molar-refractivity contribution is -0.0920. The van der Waals surface area contributed by atoms with Gasteiger partial charge in [0.15, 0.2) is 0 Å². The molecule has 1 aliphatic heterocycles. The highest BCUT2D eigenvalue weighted by molar-refractivity contribution is 7.44. The Kier molecular flexibility index (Phi) is 13.4. The monoisotopic (exact) mass is 714 g/mol. The molecule has 1 aromatic heterocycles. The van der Waals surface area contributed by atoms with Crippen LogP contribution >= 0.6 is 8.53 Å². The smallest absolute Gasteiger partial charge is 0.272 e. The Labute approximate surface area is 301 Å². The molecule has 0 N–H and O–H groups in total. The van der Waals surface area contributed by atoms with Gasteiger partial charge in [-0.15, -0.1) is 0 Å². The van der Waals surface area contributed by atoms with E-state index in [0.29, 0.717) is 6.42 Å². The molecule has 0 amide bonds. The minimum absolute atomic E-state index is 0.116. The molecule has 0 bridgehead atoms. The average Bonchev–Trinajstić information content (AvgIpc) is 3.55. The summed E-state index contributed by atoms with van der Waals surface area (Å²) in [6.07, 6.45) is 2.34. The zero-order valence-corrected chi connectivity index (χ0v) is 30.9. The van der Waals surface area contributed by atoms with Crippen molar-refractivity contribution in [2.24, 2.45) is 0 Å². The second kappa shape index (κ2) is 17.9. The van der Waals surface area contributed by atoms with E-state index in [1.54, 1.807) is 25.0 Å². The van der Waals surface area contributed by atoms with E-state index in [1.807, 2.05) is 66.7 Å². The molecule has 0 radical (unpaired) electrons. The molecule has 1 aliphatic rings. The zero-order valence-electron chi connectivity index (χ0n) is 30.0. The van der Waals surface area contributed by atoms with Crippen molar-refractivity contribution in [2.75, 3.05) is 27.4 Å². The van der Waals surface area contributed by atoms with Gasteiger partial charge in [-0.05, 0) is 68.7 Å². The first-order valence-corrected chi connectivity index (χ1v) is 18.3. The van der Waals surface area contributed by atoms with Crippen LogP contribution in [0.25, 0.3) is 0 Å². The molecule has 4 aromatic rings. The van der Waals surface area contributed by atoms with Crippen molar-refractivity contribution in [2.45, 2.75) is 76.7 Å². The van der Waals surface area contributed by atoms with E-state index in [9.17, 15) is 10.1 Å². The van der Waals surface area contributed by atoms with Crippen LogP contribution in [-0.2, 0) is 24.1 Å². The second-order valence-corrected chi connectivity index (χ2v) is 14.1. The minimum Gasteiger partial charge on any atom is -0.497 e. The fraction of sp³-hybridized carbons (Fsp3) is 0.410. The van der Waals surface area contributed by atoms with Crippen molar-refractivity contribution in [1.82, 2.24) is 14.2 Å². The molecule has 11 nitrogen and oxygen atoms in total. The third-order valence-corrected chi connectivity index (χ3v) is 10.9. The summed E-state index contributed by atoms with van der Waals surface area (Å²) in [5.41, 5.74) is 1.31. The molecule has 2 heterocycles. The predicted molar refractivity (Wildman–Crippen MR) is 195 cm³/mol. The van der Waals surface area contributed by atoms with Crippen LogP contribution in [0.3, 0.4) is 0 Å². The van der Waals surface area contributed by atoms with E-state index in [4.69, 9.17) is 28.0 Å². The molecule has 51 heavy (non-hydrogen) atoms. The standard InChI is InChI=1S/C39H47N4O7P/c1-28(2)43(29(3)4)51(48-24-10-22-40)50-35-25-38(42-23-21-37(44)41-27-42)49-36(35)26-47-39(30-11-8-7-9-12-30,31-13-17-33(45-5)18-14-31)32-15-19-34(46-6)20-16-32/h7-9,11-21,23,27-29,35-36,38H,10,24-26H2,1-6H3/t35-,36-,38-,51?/m1/s1.